The first-order valence-corrected chi connectivity index (χ1v) is 13.1. The first kappa shape index (κ1) is 21.1. The van der Waals surface area contributed by atoms with E-state index in [-0.39, 0.29) is 17.4 Å². The molecule has 162 valence electrons. The Kier molecular flexibility index (Phi) is 5.93. The van der Waals surface area contributed by atoms with Crippen LogP contribution in [0.25, 0.3) is 0 Å². The summed E-state index contributed by atoms with van der Waals surface area (Å²) in [4.78, 5) is 21.5. The highest BCUT2D eigenvalue weighted by Gasteiger charge is 2.49. The number of nitrogens with zero attached hydrogens (tertiary/aromatic N) is 5. The minimum Gasteiger partial charge on any atom is -0.340 e. The molecule has 1 unspecified atom stereocenters. The van der Waals surface area contributed by atoms with E-state index < -0.39 is 10.0 Å². The molecular formula is C18H29N5O4S2. The third kappa shape index (κ3) is 4.62. The molecule has 0 saturated carbocycles. The zero-order chi connectivity index (χ0) is 20.6. The van der Waals surface area contributed by atoms with Crippen molar-refractivity contribution in [2.75, 3.05) is 57.0 Å². The lowest BCUT2D eigenvalue weighted by Gasteiger charge is -2.38. The van der Waals surface area contributed by atoms with Gasteiger partial charge in [0.15, 0.2) is 5.82 Å². The van der Waals surface area contributed by atoms with Gasteiger partial charge in [0.05, 0.1) is 18.8 Å². The summed E-state index contributed by atoms with van der Waals surface area (Å²) in [6.45, 7) is 5.55. The van der Waals surface area contributed by atoms with Crippen LogP contribution in [0.1, 0.15) is 37.0 Å². The van der Waals surface area contributed by atoms with Gasteiger partial charge in [0.25, 0.3) is 0 Å². The largest absolute Gasteiger partial charge is 0.340 e. The molecule has 0 aromatic carbocycles. The van der Waals surface area contributed by atoms with Gasteiger partial charge in [-0.2, -0.15) is 16.7 Å². The normalized spacial score (nSPS) is 26.3. The van der Waals surface area contributed by atoms with E-state index in [1.165, 1.54) is 6.26 Å². The maximum absolute atomic E-state index is 12.9. The molecule has 3 aliphatic heterocycles. The highest BCUT2D eigenvalue weighted by Crippen LogP contribution is 2.48. The Morgan fingerprint density at radius 2 is 1.93 bits per heavy atom. The van der Waals surface area contributed by atoms with Crippen LogP contribution >= 0.6 is 11.8 Å². The summed E-state index contributed by atoms with van der Waals surface area (Å²) in [7, 11) is -3.17. The molecule has 1 aromatic rings. The Morgan fingerprint density at radius 1 is 1.24 bits per heavy atom. The van der Waals surface area contributed by atoms with Crippen molar-refractivity contribution in [2.24, 2.45) is 5.41 Å². The molecule has 0 aliphatic carbocycles. The fourth-order valence-electron chi connectivity index (χ4n) is 4.74. The highest BCUT2D eigenvalue weighted by molar-refractivity contribution is 7.99. The standard InChI is InChI=1S/C18H29N5O4S2/c1-14-19-17(27-20-14)15-11-18(3-5-23(6-4-18)29(2,25)26)13-22(15)12-16(24)21-7-9-28-10-8-21/h15H,3-13H2,1-2H3. The summed E-state index contributed by atoms with van der Waals surface area (Å²) in [6, 6.07) is -0.0934. The molecule has 3 saturated heterocycles. The minimum atomic E-state index is -3.17. The van der Waals surface area contributed by atoms with Gasteiger partial charge in [-0.15, -0.1) is 0 Å². The van der Waals surface area contributed by atoms with Gasteiger partial charge in [-0.3, -0.25) is 9.69 Å². The number of thioether (sulfide) groups is 1. The second-order valence-corrected chi connectivity index (χ2v) is 11.7. The molecule has 0 bridgehead atoms. The summed E-state index contributed by atoms with van der Waals surface area (Å²) in [5, 5.41) is 3.94. The van der Waals surface area contributed by atoms with Crippen LogP contribution in [0.15, 0.2) is 4.52 Å². The number of rotatable bonds is 4. The number of amides is 1. The maximum atomic E-state index is 12.9. The number of hydrogen-bond donors (Lipinski definition) is 0. The maximum Gasteiger partial charge on any atom is 0.244 e. The molecule has 1 spiro atoms. The molecule has 4 heterocycles. The molecule has 11 heteroatoms. The topological polar surface area (TPSA) is 99.8 Å². The molecular weight excluding hydrogens is 414 g/mol. The fourth-order valence-corrected chi connectivity index (χ4v) is 6.49. The van der Waals surface area contributed by atoms with E-state index in [1.807, 2.05) is 16.7 Å². The molecule has 1 aromatic heterocycles. The van der Waals surface area contributed by atoms with Crippen molar-refractivity contribution < 1.29 is 17.7 Å². The van der Waals surface area contributed by atoms with Gasteiger partial charge in [0.1, 0.15) is 0 Å². The molecule has 1 atom stereocenters. The van der Waals surface area contributed by atoms with Crippen molar-refractivity contribution in [3.05, 3.63) is 11.7 Å². The zero-order valence-electron chi connectivity index (χ0n) is 17.0. The number of aryl methyl sites for hydroxylation is 1. The summed E-state index contributed by atoms with van der Waals surface area (Å²) < 4.78 is 30.8. The van der Waals surface area contributed by atoms with Crippen LogP contribution in [0.5, 0.6) is 0 Å². The number of likely N-dealkylation sites (tertiary alicyclic amines) is 1. The van der Waals surface area contributed by atoms with Gasteiger partial charge in [-0.05, 0) is 31.6 Å². The highest BCUT2D eigenvalue weighted by atomic mass is 32.2. The van der Waals surface area contributed by atoms with Gasteiger partial charge in [0.2, 0.25) is 21.8 Å². The van der Waals surface area contributed by atoms with Gasteiger partial charge >= 0.3 is 0 Å². The molecule has 9 nitrogen and oxygen atoms in total. The van der Waals surface area contributed by atoms with E-state index >= 15 is 0 Å². The zero-order valence-corrected chi connectivity index (χ0v) is 18.7. The van der Waals surface area contributed by atoms with Crippen LogP contribution in [-0.2, 0) is 14.8 Å². The molecule has 4 rings (SSSR count). The van der Waals surface area contributed by atoms with Crippen LogP contribution in [0.2, 0.25) is 0 Å². The average Bonchev–Trinajstić information content (AvgIpc) is 3.26. The Hall–Kier alpha value is -1.17. The summed E-state index contributed by atoms with van der Waals surface area (Å²) in [6.07, 6.45) is 3.66. The smallest absolute Gasteiger partial charge is 0.244 e. The molecule has 29 heavy (non-hydrogen) atoms. The summed E-state index contributed by atoms with van der Waals surface area (Å²) >= 11 is 1.88. The van der Waals surface area contributed by atoms with Gasteiger partial charge in [-0.25, -0.2) is 12.7 Å². The van der Waals surface area contributed by atoms with E-state index in [2.05, 4.69) is 15.0 Å². The summed E-state index contributed by atoms with van der Waals surface area (Å²) in [5.74, 6) is 3.28. The van der Waals surface area contributed by atoms with Crippen molar-refractivity contribution in [1.29, 1.82) is 0 Å². The monoisotopic (exact) mass is 443 g/mol. The lowest BCUT2D eigenvalue weighted by atomic mass is 9.77. The van der Waals surface area contributed by atoms with Crippen molar-refractivity contribution in [1.82, 2.24) is 24.2 Å². The Bertz CT molecular complexity index is 844. The molecule has 3 fully saturated rings. The van der Waals surface area contributed by atoms with Crippen LogP contribution in [0, 0.1) is 12.3 Å². The quantitative estimate of drug-likeness (QED) is 0.672. The number of piperidine rings is 1. The Morgan fingerprint density at radius 3 is 2.52 bits per heavy atom. The van der Waals surface area contributed by atoms with E-state index in [0.29, 0.717) is 31.3 Å². The number of hydrogen-bond acceptors (Lipinski definition) is 8. The van der Waals surface area contributed by atoms with Gasteiger partial charge in [-0.1, -0.05) is 5.16 Å². The van der Waals surface area contributed by atoms with Crippen LogP contribution in [0.4, 0.5) is 0 Å². The second-order valence-electron chi connectivity index (χ2n) is 8.46. The molecule has 0 N–H and O–H groups in total. The van der Waals surface area contributed by atoms with E-state index in [9.17, 15) is 13.2 Å². The van der Waals surface area contributed by atoms with Crippen molar-refractivity contribution in [3.8, 4) is 0 Å². The predicted octanol–water partition coefficient (Wildman–Crippen LogP) is 0.742. The number of sulfonamides is 1. The number of carbonyl (C=O) groups excluding carboxylic acids is 1. The van der Waals surface area contributed by atoms with E-state index in [0.717, 1.165) is 50.4 Å². The molecule has 1 amide bonds. The molecule has 3 aliphatic rings. The van der Waals surface area contributed by atoms with Crippen molar-refractivity contribution in [2.45, 2.75) is 32.2 Å². The SMILES string of the molecule is Cc1noc(C2CC3(CCN(S(C)(=O)=O)CC3)CN2CC(=O)N2CCSCC2)n1. The first-order chi connectivity index (χ1) is 13.8. The van der Waals surface area contributed by atoms with E-state index in [1.54, 1.807) is 11.2 Å². The van der Waals surface area contributed by atoms with Crippen molar-refractivity contribution >= 4 is 27.7 Å². The molecule has 0 radical (unpaired) electrons. The lowest BCUT2D eigenvalue weighted by Crippen LogP contribution is -2.46. The fraction of sp³-hybridized carbons (Fsp3) is 0.833. The van der Waals surface area contributed by atoms with Crippen molar-refractivity contribution in [3.63, 3.8) is 0 Å². The third-order valence-corrected chi connectivity index (χ3v) is 8.63. The Balaban J connectivity index is 1.50. The van der Waals surface area contributed by atoms with Gasteiger partial charge < -0.3 is 9.42 Å². The minimum absolute atomic E-state index is 0.0216. The van der Waals surface area contributed by atoms with Crippen LogP contribution in [0.3, 0.4) is 0 Å². The lowest BCUT2D eigenvalue weighted by molar-refractivity contribution is -0.132. The predicted molar refractivity (Wildman–Crippen MR) is 110 cm³/mol. The number of carbonyl (C=O) groups is 1. The average molecular weight is 444 g/mol. The van der Waals surface area contributed by atoms with Crippen LogP contribution in [-0.4, -0.2) is 95.6 Å². The second kappa shape index (κ2) is 8.16. The van der Waals surface area contributed by atoms with Crippen LogP contribution < -0.4 is 0 Å². The number of aromatic nitrogens is 2. The third-order valence-electron chi connectivity index (χ3n) is 6.39. The summed E-state index contributed by atoms with van der Waals surface area (Å²) in [5.41, 5.74) is -0.0216. The van der Waals surface area contributed by atoms with E-state index in [4.69, 9.17) is 4.52 Å². The first-order valence-electron chi connectivity index (χ1n) is 10.1. The Labute approximate surface area is 176 Å². The van der Waals surface area contributed by atoms with Gasteiger partial charge in [0, 0.05) is 44.2 Å².